The van der Waals surface area contributed by atoms with E-state index in [9.17, 15) is 13.2 Å². The highest BCUT2D eigenvalue weighted by atomic mass is 32.2. The first-order valence-corrected chi connectivity index (χ1v) is 15.3. The molecule has 1 aliphatic carbocycles. The summed E-state index contributed by atoms with van der Waals surface area (Å²) in [6, 6.07) is 21.1. The predicted octanol–water partition coefficient (Wildman–Crippen LogP) is 4.50. The third-order valence-electron chi connectivity index (χ3n) is 7.46. The first kappa shape index (κ1) is 24.7. The molecule has 2 aromatic carbocycles. The third kappa shape index (κ3) is 4.52. The standard InChI is InChI=1S/C28H30O7S2/c1-17-13-21(36(19-9-5-3-6-10-19)20-11-7-4-8-12-20)14-18(2)25(17)32-16-24(29)34-26-22-15-23-27(33-22)28(26)35-37(23,30)31/h3-13,18,22-23,26-28,36H,14-16H2,1-2H3. The van der Waals surface area contributed by atoms with Crippen LogP contribution >= 0.6 is 10.9 Å². The molecule has 7 nitrogen and oxygen atoms in total. The average molecular weight is 543 g/mol. The van der Waals surface area contributed by atoms with Gasteiger partial charge in [-0.05, 0) is 70.4 Å². The molecule has 0 saturated carbocycles. The maximum atomic E-state index is 12.7. The van der Waals surface area contributed by atoms with Crippen molar-refractivity contribution < 1.29 is 31.6 Å². The lowest BCUT2D eigenvalue weighted by Gasteiger charge is -2.32. The highest BCUT2D eigenvalue weighted by Crippen LogP contribution is 2.55. The summed E-state index contributed by atoms with van der Waals surface area (Å²) in [6.45, 7) is 3.88. The van der Waals surface area contributed by atoms with Crippen LogP contribution in [0.2, 0.25) is 0 Å². The van der Waals surface area contributed by atoms with Gasteiger partial charge in [0, 0.05) is 5.92 Å². The van der Waals surface area contributed by atoms with E-state index in [2.05, 4.69) is 61.5 Å². The Morgan fingerprint density at radius 1 is 1.03 bits per heavy atom. The maximum Gasteiger partial charge on any atom is 0.344 e. The van der Waals surface area contributed by atoms with Gasteiger partial charge in [0.05, 0.1) is 6.10 Å². The summed E-state index contributed by atoms with van der Waals surface area (Å²) < 4.78 is 46.7. The van der Waals surface area contributed by atoms with Crippen molar-refractivity contribution in [2.24, 2.45) is 5.92 Å². The smallest absolute Gasteiger partial charge is 0.344 e. The molecule has 0 N–H and O–H groups in total. The molecule has 6 unspecified atom stereocenters. The molecule has 3 heterocycles. The molecule has 2 bridgehead atoms. The summed E-state index contributed by atoms with van der Waals surface area (Å²) in [4.78, 5) is 16.6. The molecule has 2 aromatic rings. The molecule has 196 valence electrons. The van der Waals surface area contributed by atoms with Gasteiger partial charge in [-0.3, -0.25) is 4.18 Å². The van der Waals surface area contributed by atoms with E-state index in [-0.39, 0.29) is 12.5 Å². The average Bonchev–Trinajstić information content (AvgIpc) is 3.50. The van der Waals surface area contributed by atoms with Crippen molar-refractivity contribution in [1.29, 1.82) is 0 Å². The van der Waals surface area contributed by atoms with E-state index in [0.717, 1.165) is 17.8 Å². The van der Waals surface area contributed by atoms with Crippen molar-refractivity contribution in [2.75, 3.05) is 6.61 Å². The number of esters is 1. The molecule has 3 aliphatic heterocycles. The Kier molecular flexibility index (Phi) is 6.43. The van der Waals surface area contributed by atoms with E-state index in [4.69, 9.17) is 18.4 Å². The van der Waals surface area contributed by atoms with E-state index in [1.165, 1.54) is 14.7 Å². The van der Waals surface area contributed by atoms with Crippen LogP contribution < -0.4 is 0 Å². The van der Waals surface area contributed by atoms with Crippen LogP contribution in [0, 0.1) is 5.92 Å². The predicted molar refractivity (Wildman–Crippen MR) is 140 cm³/mol. The Morgan fingerprint density at radius 3 is 2.30 bits per heavy atom. The minimum Gasteiger partial charge on any atom is -0.486 e. The van der Waals surface area contributed by atoms with Crippen molar-refractivity contribution in [2.45, 2.75) is 66.1 Å². The van der Waals surface area contributed by atoms with Crippen LogP contribution in [0.15, 0.2) is 92.8 Å². The number of hydrogen-bond acceptors (Lipinski definition) is 7. The third-order valence-corrected chi connectivity index (χ3v) is 11.7. The molecule has 3 saturated heterocycles. The van der Waals surface area contributed by atoms with E-state index in [1.54, 1.807) is 0 Å². The fraction of sp³-hybridized carbons (Fsp3) is 0.393. The summed E-state index contributed by atoms with van der Waals surface area (Å²) in [5.41, 5.74) is 0.997. The second kappa shape index (κ2) is 9.62. The number of rotatable bonds is 7. The lowest BCUT2D eigenvalue weighted by atomic mass is 9.94. The van der Waals surface area contributed by atoms with Crippen LogP contribution in [0.25, 0.3) is 0 Å². The van der Waals surface area contributed by atoms with Crippen LogP contribution in [0.5, 0.6) is 0 Å². The number of benzene rings is 2. The second-order valence-electron chi connectivity index (χ2n) is 10.0. The van der Waals surface area contributed by atoms with Gasteiger partial charge in [-0.25, -0.2) is 4.79 Å². The van der Waals surface area contributed by atoms with Gasteiger partial charge in [-0.15, -0.1) is 0 Å². The van der Waals surface area contributed by atoms with E-state index in [0.29, 0.717) is 6.42 Å². The second-order valence-corrected chi connectivity index (χ2v) is 14.1. The monoisotopic (exact) mass is 542 g/mol. The number of hydrogen-bond donors (Lipinski definition) is 1. The minimum absolute atomic E-state index is 0.0973. The summed E-state index contributed by atoms with van der Waals surface area (Å²) in [7, 11) is -4.34. The molecule has 37 heavy (non-hydrogen) atoms. The zero-order chi connectivity index (χ0) is 25.7. The first-order chi connectivity index (χ1) is 17.8. The molecular formula is C28H30O7S2. The van der Waals surface area contributed by atoms with Crippen LogP contribution in [-0.4, -0.2) is 50.7 Å². The van der Waals surface area contributed by atoms with Gasteiger partial charge in [0.1, 0.15) is 23.2 Å². The lowest BCUT2D eigenvalue weighted by molar-refractivity contribution is -0.158. The molecule has 0 radical (unpaired) electrons. The molecule has 0 amide bonds. The topological polar surface area (TPSA) is 88.1 Å². The van der Waals surface area contributed by atoms with Gasteiger partial charge in [-0.1, -0.05) is 43.3 Å². The van der Waals surface area contributed by atoms with Crippen LogP contribution in [0.4, 0.5) is 0 Å². The largest absolute Gasteiger partial charge is 0.486 e. The fourth-order valence-corrected chi connectivity index (χ4v) is 10.2. The summed E-state index contributed by atoms with van der Waals surface area (Å²) in [5.74, 6) is 0.324. The normalized spacial score (nSPS) is 31.7. The van der Waals surface area contributed by atoms with Gasteiger partial charge < -0.3 is 14.2 Å². The zero-order valence-electron chi connectivity index (χ0n) is 20.6. The molecule has 9 heteroatoms. The van der Waals surface area contributed by atoms with Crippen LogP contribution in [-0.2, 0) is 33.3 Å². The SMILES string of the molecule is CC1=C(OCC(=O)OC2C3CC4C(O3)C2OS4(=O)=O)C(C)CC([SH](c2ccccc2)c2ccccc2)=C1. The van der Waals surface area contributed by atoms with E-state index >= 15 is 0 Å². The number of carbonyl (C=O) groups is 1. The molecule has 4 aliphatic rings. The summed E-state index contributed by atoms with van der Waals surface area (Å²) in [5, 5.41) is -0.650. The van der Waals surface area contributed by atoms with Crippen molar-refractivity contribution in [3.63, 3.8) is 0 Å². The van der Waals surface area contributed by atoms with Crippen molar-refractivity contribution in [3.05, 3.63) is 83.0 Å². The van der Waals surface area contributed by atoms with Crippen molar-refractivity contribution in [3.8, 4) is 0 Å². The van der Waals surface area contributed by atoms with Gasteiger partial charge in [0.15, 0.2) is 12.7 Å². The first-order valence-electron chi connectivity index (χ1n) is 12.5. The van der Waals surface area contributed by atoms with Crippen LogP contribution in [0.1, 0.15) is 26.7 Å². The van der Waals surface area contributed by atoms with Gasteiger partial charge >= 0.3 is 5.97 Å². The molecule has 6 atom stereocenters. The number of fused-ring (bicyclic) bond motifs is 1. The number of allylic oxidation sites excluding steroid dienone is 4. The van der Waals surface area contributed by atoms with E-state index in [1.807, 2.05) is 19.1 Å². The molecule has 6 rings (SSSR count). The number of thiol groups is 1. The Labute approximate surface area is 219 Å². The van der Waals surface area contributed by atoms with Gasteiger partial charge in [-0.2, -0.15) is 19.3 Å². The van der Waals surface area contributed by atoms with Gasteiger partial charge in [0.25, 0.3) is 10.1 Å². The Hall–Kier alpha value is -2.59. The molecular weight excluding hydrogens is 512 g/mol. The zero-order valence-corrected chi connectivity index (χ0v) is 22.4. The highest BCUT2D eigenvalue weighted by molar-refractivity contribution is 8.20. The number of ether oxygens (including phenoxy) is 3. The lowest BCUT2D eigenvalue weighted by Crippen LogP contribution is -2.42. The summed E-state index contributed by atoms with van der Waals surface area (Å²) >= 11 is 0. The molecule has 0 spiro atoms. The van der Waals surface area contributed by atoms with Gasteiger partial charge in [0.2, 0.25) is 0 Å². The van der Waals surface area contributed by atoms with Crippen molar-refractivity contribution >= 4 is 27.0 Å². The molecule has 3 fully saturated rings. The number of carbonyl (C=O) groups excluding carboxylic acids is 1. The van der Waals surface area contributed by atoms with Crippen molar-refractivity contribution in [1.82, 2.24) is 0 Å². The van der Waals surface area contributed by atoms with Crippen LogP contribution in [0.3, 0.4) is 0 Å². The maximum absolute atomic E-state index is 12.7. The Morgan fingerprint density at radius 2 is 1.68 bits per heavy atom. The minimum atomic E-state index is -3.66. The quantitative estimate of drug-likeness (QED) is 0.313. The fourth-order valence-electron chi connectivity index (χ4n) is 5.91. The van der Waals surface area contributed by atoms with E-state index < -0.39 is 56.6 Å². The Balaban J connectivity index is 1.16. The highest BCUT2D eigenvalue weighted by Gasteiger charge is 2.67. The summed E-state index contributed by atoms with van der Waals surface area (Å²) in [6.07, 6.45) is 0.845. The molecule has 0 aromatic heterocycles. The Bertz CT molecular complexity index is 1310.